The number of fused-ring (bicyclic) bond motifs is 1. The minimum Gasteiger partial charge on any atom is -0.497 e. The minimum absolute atomic E-state index is 0.240. The molecule has 2 aliphatic heterocycles. The van der Waals surface area contributed by atoms with Crippen LogP contribution in [0.15, 0.2) is 48.5 Å². The number of nitrogens with zero attached hydrogens (tertiary/aromatic N) is 1. The fourth-order valence-electron chi connectivity index (χ4n) is 4.68. The maximum Gasteiger partial charge on any atom is 0.223 e. The van der Waals surface area contributed by atoms with Gasteiger partial charge >= 0.3 is 0 Å². The predicted octanol–water partition coefficient (Wildman–Crippen LogP) is 4.03. The quantitative estimate of drug-likeness (QED) is 0.826. The second-order valence-corrected chi connectivity index (χ2v) is 8.19. The lowest BCUT2D eigenvalue weighted by Gasteiger charge is -2.33. The number of carbonyl (C=O) groups is 1. The summed E-state index contributed by atoms with van der Waals surface area (Å²) in [5, 5.41) is 4.40. The molecule has 148 valence electrons. The van der Waals surface area contributed by atoms with Crippen molar-refractivity contribution in [2.24, 2.45) is 0 Å². The zero-order chi connectivity index (χ0) is 19.5. The number of carbonyl (C=O) groups excluding carboxylic acids is 1. The highest BCUT2D eigenvalue weighted by molar-refractivity contribution is 6.30. The van der Waals surface area contributed by atoms with Gasteiger partial charge in [-0.15, -0.1) is 0 Å². The van der Waals surface area contributed by atoms with E-state index in [2.05, 4.69) is 22.3 Å². The molecule has 0 spiro atoms. The molecule has 2 aromatic rings. The predicted molar refractivity (Wildman–Crippen MR) is 112 cm³/mol. The third kappa shape index (κ3) is 4.03. The fraction of sp³-hybridized carbons (Fsp3) is 0.435. The minimum atomic E-state index is 0.240. The van der Waals surface area contributed by atoms with E-state index in [0.29, 0.717) is 18.4 Å². The lowest BCUT2D eigenvalue weighted by atomic mass is 9.87. The molecule has 2 saturated heterocycles. The Hall–Kier alpha value is -2.04. The second-order valence-electron chi connectivity index (χ2n) is 7.75. The van der Waals surface area contributed by atoms with E-state index in [-0.39, 0.29) is 11.9 Å². The maximum atomic E-state index is 13.1. The highest BCUT2D eigenvalue weighted by Gasteiger charge is 2.45. The van der Waals surface area contributed by atoms with Crippen molar-refractivity contribution in [3.63, 3.8) is 0 Å². The van der Waals surface area contributed by atoms with Crippen molar-refractivity contribution in [3.05, 3.63) is 64.7 Å². The Balaban J connectivity index is 1.49. The smallest absolute Gasteiger partial charge is 0.223 e. The van der Waals surface area contributed by atoms with Gasteiger partial charge in [-0.3, -0.25) is 4.79 Å². The van der Waals surface area contributed by atoms with Gasteiger partial charge in [0.15, 0.2) is 0 Å². The van der Waals surface area contributed by atoms with E-state index in [1.807, 2.05) is 36.4 Å². The van der Waals surface area contributed by atoms with E-state index < -0.39 is 0 Å². The number of hydrogen-bond acceptors (Lipinski definition) is 3. The van der Waals surface area contributed by atoms with E-state index in [9.17, 15) is 4.79 Å². The first-order valence-corrected chi connectivity index (χ1v) is 10.4. The van der Waals surface area contributed by atoms with Crippen molar-refractivity contribution in [2.45, 2.75) is 43.7 Å². The van der Waals surface area contributed by atoms with E-state index in [0.717, 1.165) is 48.7 Å². The largest absolute Gasteiger partial charge is 0.497 e. The number of methoxy groups -OCH3 is 1. The molecule has 0 aromatic heterocycles. The number of ether oxygens (including phenoxy) is 1. The summed E-state index contributed by atoms with van der Waals surface area (Å²) in [6.45, 7) is 1.79. The lowest BCUT2D eigenvalue weighted by molar-refractivity contribution is -0.132. The van der Waals surface area contributed by atoms with Gasteiger partial charge in [-0.2, -0.15) is 0 Å². The first kappa shape index (κ1) is 19.3. The summed E-state index contributed by atoms with van der Waals surface area (Å²) >= 11 is 6.08. The van der Waals surface area contributed by atoms with E-state index in [1.54, 1.807) is 7.11 Å². The molecule has 0 bridgehead atoms. The molecule has 0 aliphatic carbocycles. The van der Waals surface area contributed by atoms with Gasteiger partial charge in [0.2, 0.25) is 5.91 Å². The summed E-state index contributed by atoms with van der Waals surface area (Å²) in [6.07, 6.45) is 3.43. The molecule has 1 N–H and O–H groups in total. The van der Waals surface area contributed by atoms with E-state index in [4.69, 9.17) is 16.3 Å². The molecule has 0 radical (unpaired) electrons. The molecule has 4 nitrogen and oxygen atoms in total. The number of piperidine rings is 1. The van der Waals surface area contributed by atoms with Gasteiger partial charge in [-0.1, -0.05) is 35.9 Å². The van der Waals surface area contributed by atoms with Crippen molar-refractivity contribution in [2.75, 3.05) is 20.2 Å². The van der Waals surface area contributed by atoms with Crippen molar-refractivity contribution in [3.8, 4) is 5.75 Å². The van der Waals surface area contributed by atoms with Crippen molar-refractivity contribution in [1.82, 2.24) is 10.2 Å². The number of hydrogen-bond donors (Lipinski definition) is 1. The Labute approximate surface area is 171 Å². The third-order valence-corrected chi connectivity index (χ3v) is 6.29. The highest BCUT2D eigenvalue weighted by atomic mass is 35.5. The van der Waals surface area contributed by atoms with Crippen LogP contribution >= 0.6 is 11.6 Å². The number of benzene rings is 2. The number of aryl methyl sites for hydroxylation is 1. The Morgan fingerprint density at radius 2 is 2.11 bits per heavy atom. The van der Waals surface area contributed by atoms with Crippen LogP contribution in [0.2, 0.25) is 5.02 Å². The number of rotatable bonds is 5. The monoisotopic (exact) mass is 398 g/mol. The van der Waals surface area contributed by atoms with Gasteiger partial charge in [0.25, 0.3) is 0 Å². The molecule has 0 saturated carbocycles. The summed E-state index contributed by atoms with van der Waals surface area (Å²) < 4.78 is 5.41. The molecule has 0 unspecified atom stereocenters. The normalized spacial score (nSPS) is 24.1. The SMILES string of the molecule is COc1cccc([C@H]2CN(C(=O)CCc3cccc(Cl)c3)[C@@H]3CCCN[C@H]23)c1. The van der Waals surface area contributed by atoms with Gasteiger partial charge in [0.1, 0.15) is 5.75 Å². The van der Waals surface area contributed by atoms with Gasteiger partial charge in [-0.25, -0.2) is 0 Å². The van der Waals surface area contributed by atoms with Crippen LogP contribution in [0.3, 0.4) is 0 Å². The van der Waals surface area contributed by atoms with Crippen LogP contribution in [-0.2, 0) is 11.2 Å². The Kier molecular flexibility index (Phi) is 5.88. The summed E-state index contributed by atoms with van der Waals surface area (Å²) in [7, 11) is 1.70. The summed E-state index contributed by atoms with van der Waals surface area (Å²) in [6, 6.07) is 16.7. The van der Waals surface area contributed by atoms with Crippen LogP contribution in [0, 0.1) is 0 Å². The second kappa shape index (κ2) is 8.54. The van der Waals surface area contributed by atoms with Gasteiger partial charge in [0.05, 0.1) is 7.11 Å². The Bertz CT molecular complexity index is 841. The van der Waals surface area contributed by atoms with Gasteiger partial charge in [-0.05, 0) is 61.2 Å². The molecule has 2 aromatic carbocycles. The first-order valence-electron chi connectivity index (χ1n) is 10.1. The molecule has 2 aliphatic rings. The topological polar surface area (TPSA) is 41.6 Å². The number of likely N-dealkylation sites (tertiary alicyclic amines) is 1. The van der Waals surface area contributed by atoms with Crippen LogP contribution in [0.1, 0.15) is 36.3 Å². The molecule has 2 fully saturated rings. The van der Waals surface area contributed by atoms with Crippen LogP contribution in [0.5, 0.6) is 5.75 Å². The zero-order valence-electron chi connectivity index (χ0n) is 16.2. The first-order chi connectivity index (χ1) is 13.7. The molecule has 3 atom stereocenters. The zero-order valence-corrected chi connectivity index (χ0v) is 17.0. The Morgan fingerprint density at radius 3 is 2.93 bits per heavy atom. The fourth-order valence-corrected chi connectivity index (χ4v) is 4.89. The van der Waals surface area contributed by atoms with Crippen LogP contribution < -0.4 is 10.1 Å². The summed E-state index contributed by atoms with van der Waals surface area (Å²) in [5.74, 6) is 1.41. The Morgan fingerprint density at radius 1 is 1.25 bits per heavy atom. The van der Waals surface area contributed by atoms with Crippen LogP contribution in [-0.4, -0.2) is 43.1 Å². The standard InChI is InChI=1S/C23H27ClN2O2/c1-28-19-8-3-6-17(14-19)20-15-26(21-9-4-12-25-23(20)21)22(27)11-10-16-5-2-7-18(24)13-16/h2-3,5-8,13-14,20-21,23,25H,4,9-12,15H2,1H3/t20-,21-,23-/m1/s1. The number of nitrogens with one attached hydrogen (secondary N) is 1. The molecular formula is C23H27ClN2O2. The maximum absolute atomic E-state index is 13.1. The van der Waals surface area contributed by atoms with Gasteiger partial charge in [0, 0.05) is 36.0 Å². The average molecular weight is 399 g/mol. The van der Waals surface area contributed by atoms with Gasteiger partial charge < -0.3 is 15.0 Å². The molecule has 2 heterocycles. The average Bonchev–Trinajstić information content (AvgIpc) is 3.12. The summed E-state index contributed by atoms with van der Waals surface area (Å²) in [5.41, 5.74) is 2.36. The molecule has 5 heteroatoms. The third-order valence-electron chi connectivity index (χ3n) is 6.06. The van der Waals surface area contributed by atoms with Crippen molar-refractivity contribution >= 4 is 17.5 Å². The number of amides is 1. The lowest BCUT2D eigenvalue weighted by Crippen LogP contribution is -2.49. The molecule has 1 amide bonds. The number of halogens is 1. The van der Waals surface area contributed by atoms with Crippen molar-refractivity contribution < 1.29 is 9.53 Å². The van der Waals surface area contributed by atoms with Crippen molar-refractivity contribution in [1.29, 1.82) is 0 Å². The van der Waals surface area contributed by atoms with Crippen LogP contribution in [0.25, 0.3) is 0 Å². The molecule has 4 rings (SSSR count). The summed E-state index contributed by atoms with van der Waals surface area (Å²) in [4.78, 5) is 15.2. The molecule has 28 heavy (non-hydrogen) atoms. The highest BCUT2D eigenvalue weighted by Crippen LogP contribution is 2.37. The van der Waals surface area contributed by atoms with Crippen LogP contribution in [0.4, 0.5) is 0 Å². The van der Waals surface area contributed by atoms with E-state index in [1.165, 1.54) is 5.56 Å². The van der Waals surface area contributed by atoms with E-state index >= 15 is 0 Å². The molecular weight excluding hydrogens is 372 g/mol.